The molecule has 1 aromatic rings. The van der Waals surface area contributed by atoms with E-state index in [4.69, 9.17) is 14.2 Å². The van der Waals surface area contributed by atoms with Crippen LogP contribution in [0.3, 0.4) is 0 Å². The highest BCUT2D eigenvalue weighted by molar-refractivity contribution is 7.09. The number of nitrogens with zero attached hydrogens (tertiary/aromatic N) is 1. The molecule has 0 aromatic carbocycles. The van der Waals surface area contributed by atoms with Crippen LogP contribution < -0.4 is 0 Å². The standard InChI is InChI=1S/C20H29NO4S/c22-20(13-23-16-8-9-18-19(11-16)25-14-24-18)21(12-17-7-4-10-26-17)15-5-2-1-3-6-15/h4,7,10,15-16,18-19H,1-3,5-6,8-9,11-14H2. The Kier molecular flexibility index (Phi) is 6.25. The molecule has 0 N–H and O–H groups in total. The molecule has 2 aliphatic carbocycles. The first kappa shape index (κ1) is 18.4. The molecule has 1 saturated heterocycles. The molecule has 3 atom stereocenters. The zero-order valence-electron chi connectivity index (χ0n) is 15.3. The van der Waals surface area contributed by atoms with Gasteiger partial charge in [-0.2, -0.15) is 0 Å². The number of hydrogen-bond donors (Lipinski definition) is 0. The zero-order valence-corrected chi connectivity index (χ0v) is 16.1. The molecule has 3 aliphatic rings. The van der Waals surface area contributed by atoms with Gasteiger partial charge in [-0.25, -0.2) is 0 Å². The van der Waals surface area contributed by atoms with E-state index in [1.54, 1.807) is 11.3 Å². The second-order valence-corrected chi connectivity index (χ2v) is 8.70. The van der Waals surface area contributed by atoms with Crippen LogP contribution in [0.5, 0.6) is 0 Å². The first-order valence-electron chi connectivity index (χ1n) is 9.96. The molecule has 1 aliphatic heterocycles. The van der Waals surface area contributed by atoms with Crippen molar-refractivity contribution in [1.29, 1.82) is 0 Å². The Morgan fingerprint density at radius 1 is 1.15 bits per heavy atom. The van der Waals surface area contributed by atoms with Crippen LogP contribution in [0.1, 0.15) is 56.2 Å². The van der Waals surface area contributed by atoms with Crippen molar-refractivity contribution in [1.82, 2.24) is 4.90 Å². The highest BCUT2D eigenvalue weighted by Crippen LogP contribution is 2.30. The molecule has 26 heavy (non-hydrogen) atoms. The molecule has 0 radical (unpaired) electrons. The van der Waals surface area contributed by atoms with Crippen LogP contribution in [0.4, 0.5) is 0 Å². The first-order valence-corrected chi connectivity index (χ1v) is 10.8. The highest BCUT2D eigenvalue weighted by atomic mass is 32.1. The fraction of sp³-hybridized carbons (Fsp3) is 0.750. The van der Waals surface area contributed by atoms with Gasteiger partial charge in [-0.1, -0.05) is 25.3 Å². The number of hydrogen-bond acceptors (Lipinski definition) is 5. The largest absolute Gasteiger partial charge is 0.368 e. The van der Waals surface area contributed by atoms with Crippen molar-refractivity contribution in [3.05, 3.63) is 22.4 Å². The van der Waals surface area contributed by atoms with E-state index in [1.165, 1.54) is 24.1 Å². The van der Waals surface area contributed by atoms with Gasteiger partial charge in [0.15, 0.2) is 0 Å². The smallest absolute Gasteiger partial charge is 0.249 e. The molecule has 1 amide bonds. The maximum absolute atomic E-state index is 13.0. The summed E-state index contributed by atoms with van der Waals surface area (Å²) in [5.74, 6) is 0.135. The first-order chi connectivity index (χ1) is 12.8. The van der Waals surface area contributed by atoms with E-state index in [1.807, 2.05) is 0 Å². The average molecular weight is 380 g/mol. The van der Waals surface area contributed by atoms with Gasteiger partial charge in [0, 0.05) is 17.3 Å². The van der Waals surface area contributed by atoms with Gasteiger partial charge in [0.2, 0.25) is 5.91 Å². The number of rotatable bonds is 6. The SMILES string of the molecule is O=C(COC1CCC2OCOC2C1)N(Cc1cccs1)C1CCCCC1. The predicted octanol–water partition coefficient (Wildman–Crippen LogP) is 3.72. The second kappa shape index (κ2) is 8.83. The minimum Gasteiger partial charge on any atom is -0.368 e. The van der Waals surface area contributed by atoms with E-state index < -0.39 is 0 Å². The molecule has 0 spiro atoms. The van der Waals surface area contributed by atoms with Crippen LogP contribution in [-0.2, 0) is 25.5 Å². The van der Waals surface area contributed by atoms with Crippen LogP contribution >= 0.6 is 11.3 Å². The van der Waals surface area contributed by atoms with Gasteiger partial charge in [-0.15, -0.1) is 11.3 Å². The van der Waals surface area contributed by atoms with E-state index in [0.717, 1.165) is 38.6 Å². The van der Waals surface area contributed by atoms with E-state index in [9.17, 15) is 4.79 Å². The molecule has 3 unspecified atom stereocenters. The van der Waals surface area contributed by atoms with Crippen molar-refractivity contribution >= 4 is 17.2 Å². The summed E-state index contributed by atoms with van der Waals surface area (Å²) >= 11 is 1.72. The number of carbonyl (C=O) groups is 1. The lowest BCUT2D eigenvalue weighted by molar-refractivity contribution is -0.143. The van der Waals surface area contributed by atoms with E-state index >= 15 is 0 Å². The van der Waals surface area contributed by atoms with E-state index in [-0.39, 0.29) is 30.8 Å². The average Bonchev–Trinajstić information content (AvgIpc) is 3.36. The zero-order chi connectivity index (χ0) is 17.8. The van der Waals surface area contributed by atoms with Gasteiger partial charge in [-0.3, -0.25) is 4.79 Å². The van der Waals surface area contributed by atoms with Gasteiger partial charge >= 0.3 is 0 Å². The van der Waals surface area contributed by atoms with Crippen molar-refractivity contribution in [2.24, 2.45) is 0 Å². The summed E-state index contributed by atoms with van der Waals surface area (Å²) in [5, 5.41) is 2.08. The van der Waals surface area contributed by atoms with Gasteiger partial charge in [0.05, 0.1) is 24.9 Å². The lowest BCUT2D eigenvalue weighted by Gasteiger charge is -2.35. The molecule has 3 fully saturated rings. The molecular weight excluding hydrogens is 350 g/mol. The van der Waals surface area contributed by atoms with Gasteiger partial charge in [0.25, 0.3) is 0 Å². The van der Waals surface area contributed by atoms with Crippen LogP contribution in [0.15, 0.2) is 17.5 Å². The number of amides is 1. The van der Waals surface area contributed by atoms with Crippen LogP contribution in [0.25, 0.3) is 0 Å². The minimum absolute atomic E-state index is 0.108. The van der Waals surface area contributed by atoms with Gasteiger partial charge < -0.3 is 19.1 Å². The molecule has 2 heterocycles. The molecule has 1 aromatic heterocycles. The van der Waals surface area contributed by atoms with E-state index in [2.05, 4.69) is 22.4 Å². The Morgan fingerprint density at radius 3 is 2.81 bits per heavy atom. The molecular formula is C20H29NO4S. The van der Waals surface area contributed by atoms with Gasteiger partial charge in [0.1, 0.15) is 13.4 Å². The molecule has 0 bridgehead atoms. The quantitative estimate of drug-likeness (QED) is 0.756. The number of carbonyl (C=O) groups excluding carboxylic acids is 1. The Morgan fingerprint density at radius 2 is 2.00 bits per heavy atom. The third kappa shape index (κ3) is 4.47. The maximum atomic E-state index is 13.0. The number of ether oxygens (including phenoxy) is 3. The normalized spacial score (nSPS) is 29.5. The molecule has 5 nitrogen and oxygen atoms in total. The fourth-order valence-electron chi connectivity index (χ4n) is 4.45. The molecule has 144 valence electrons. The predicted molar refractivity (Wildman–Crippen MR) is 99.9 cm³/mol. The monoisotopic (exact) mass is 379 g/mol. The molecule has 6 heteroatoms. The van der Waals surface area contributed by atoms with Crippen molar-refractivity contribution in [3.8, 4) is 0 Å². The van der Waals surface area contributed by atoms with Crippen molar-refractivity contribution in [3.63, 3.8) is 0 Å². The summed E-state index contributed by atoms with van der Waals surface area (Å²) in [6.45, 7) is 1.30. The summed E-state index contributed by atoms with van der Waals surface area (Å²) in [7, 11) is 0. The van der Waals surface area contributed by atoms with Crippen molar-refractivity contribution in [2.45, 2.75) is 82.3 Å². The Balaban J connectivity index is 1.33. The van der Waals surface area contributed by atoms with Crippen LogP contribution in [0.2, 0.25) is 0 Å². The Bertz CT molecular complexity index is 572. The highest BCUT2D eigenvalue weighted by Gasteiger charge is 2.37. The lowest BCUT2D eigenvalue weighted by atomic mass is 9.92. The Labute approximate surface area is 159 Å². The number of fused-ring (bicyclic) bond motifs is 1. The summed E-state index contributed by atoms with van der Waals surface area (Å²) in [6, 6.07) is 4.54. The Hall–Kier alpha value is -0.950. The third-order valence-corrected chi connectivity index (χ3v) is 6.79. The van der Waals surface area contributed by atoms with Gasteiger partial charge in [-0.05, 0) is 37.1 Å². The van der Waals surface area contributed by atoms with Crippen molar-refractivity contribution < 1.29 is 19.0 Å². The maximum Gasteiger partial charge on any atom is 0.249 e. The summed E-state index contributed by atoms with van der Waals surface area (Å²) in [4.78, 5) is 16.3. The minimum atomic E-state index is 0.108. The summed E-state index contributed by atoms with van der Waals surface area (Å²) in [6.07, 6.45) is 9.21. The third-order valence-electron chi connectivity index (χ3n) is 5.93. The van der Waals surface area contributed by atoms with Crippen molar-refractivity contribution in [2.75, 3.05) is 13.4 Å². The molecule has 4 rings (SSSR count). The van der Waals surface area contributed by atoms with Crippen LogP contribution in [-0.4, -0.2) is 48.6 Å². The summed E-state index contributed by atoms with van der Waals surface area (Å²) < 4.78 is 17.2. The fourth-order valence-corrected chi connectivity index (χ4v) is 5.16. The second-order valence-electron chi connectivity index (χ2n) is 7.67. The molecule has 2 saturated carbocycles. The van der Waals surface area contributed by atoms with E-state index in [0.29, 0.717) is 12.8 Å². The topological polar surface area (TPSA) is 48.0 Å². The summed E-state index contributed by atoms with van der Waals surface area (Å²) in [5.41, 5.74) is 0. The van der Waals surface area contributed by atoms with Crippen LogP contribution in [0, 0.1) is 0 Å². The number of thiophene rings is 1. The lowest BCUT2D eigenvalue weighted by Crippen LogP contribution is -2.44.